The van der Waals surface area contributed by atoms with Gasteiger partial charge in [-0.15, -0.1) is 0 Å². The molecule has 1 fully saturated rings. The molecule has 0 bridgehead atoms. The molecule has 134 valence electrons. The second-order valence-electron chi connectivity index (χ2n) is 6.47. The van der Waals surface area contributed by atoms with Crippen LogP contribution in [0.4, 0.5) is 0 Å². The zero-order chi connectivity index (χ0) is 18.1. The molecule has 0 saturated heterocycles. The number of para-hydroxylation sites is 1. The van der Waals surface area contributed by atoms with Crippen LogP contribution in [0.2, 0.25) is 5.15 Å². The van der Waals surface area contributed by atoms with Crippen LogP contribution in [0.5, 0.6) is 0 Å². The predicted molar refractivity (Wildman–Crippen MR) is 97.4 cm³/mol. The summed E-state index contributed by atoms with van der Waals surface area (Å²) in [7, 11) is 0. The van der Waals surface area contributed by atoms with Crippen molar-refractivity contribution >= 4 is 28.4 Å². The third-order valence-electron chi connectivity index (χ3n) is 4.66. The Morgan fingerprint density at radius 2 is 1.85 bits per heavy atom. The van der Waals surface area contributed by atoms with Crippen LogP contribution in [0.3, 0.4) is 0 Å². The minimum Gasteiger partial charge on any atom is -0.393 e. The first-order valence-corrected chi connectivity index (χ1v) is 8.94. The monoisotopic (exact) mass is 371 g/mol. The third-order valence-corrected chi connectivity index (χ3v) is 4.94. The highest BCUT2D eigenvalue weighted by molar-refractivity contribution is 6.34. The molecule has 0 aliphatic heterocycles. The molecule has 4 rings (SSSR count). The number of aromatic nitrogens is 4. The summed E-state index contributed by atoms with van der Waals surface area (Å²) in [6, 6.07) is 7.62. The van der Waals surface area contributed by atoms with Gasteiger partial charge in [-0.25, -0.2) is 9.97 Å². The normalized spacial score (nSPS) is 20.2. The molecule has 1 aliphatic rings. The number of fused-ring (bicyclic) bond motifs is 1. The van der Waals surface area contributed by atoms with Crippen molar-refractivity contribution in [1.82, 2.24) is 25.1 Å². The number of amides is 1. The molecule has 3 aromatic rings. The number of carbonyl (C=O) groups is 1. The number of nitrogens with zero attached hydrogens (tertiary/aromatic N) is 4. The van der Waals surface area contributed by atoms with E-state index in [1.165, 1.54) is 12.4 Å². The van der Waals surface area contributed by atoms with Gasteiger partial charge >= 0.3 is 0 Å². The van der Waals surface area contributed by atoms with Crippen LogP contribution in [0.1, 0.15) is 36.0 Å². The molecule has 1 aliphatic carbocycles. The van der Waals surface area contributed by atoms with Gasteiger partial charge in [0, 0.05) is 23.8 Å². The highest BCUT2D eigenvalue weighted by Crippen LogP contribution is 2.24. The van der Waals surface area contributed by atoms with Crippen LogP contribution >= 0.6 is 11.6 Å². The topological polar surface area (TPSA) is 92.9 Å². The fourth-order valence-corrected chi connectivity index (χ4v) is 3.45. The standard InChI is InChI=1S/C18H18ClN5O2/c19-16-14-3-1-2-4-15(14)24(23-16)18-20-9-11(10-21-18)17(26)22-12-5-7-13(25)8-6-12/h1-4,9-10,12-13,25H,5-8H2,(H,22,26). The van der Waals surface area contributed by atoms with E-state index in [0.29, 0.717) is 29.5 Å². The van der Waals surface area contributed by atoms with Crippen LogP contribution in [0.25, 0.3) is 16.9 Å². The van der Waals surface area contributed by atoms with Crippen molar-refractivity contribution < 1.29 is 9.90 Å². The van der Waals surface area contributed by atoms with E-state index in [2.05, 4.69) is 20.4 Å². The molecule has 8 heteroatoms. The van der Waals surface area contributed by atoms with Crippen LogP contribution in [0, 0.1) is 0 Å². The van der Waals surface area contributed by atoms with Crippen molar-refractivity contribution in [3.05, 3.63) is 47.4 Å². The summed E-state index contributed by atoms with van der Waals surface area (Å²) in [5.74, 6) is 0.145. The molecule has 1 saturated carbocycles. The van der Waals surface area contributed by atoms with Crippen molar-refractivity contribution in [2.75, 3.05) is 0 Å². The van der Waals surface area contributed by atoms with Crippen LogP contribution < -0.4 is 5.32 Å². The first-order chi connectivity index (χ1) is 12.6. The smallest absolute Gasteiger partial charge is 0.254 e. The number of hydrogen-bond acceptors (Lipinski definition) is 5. The first kappa shape index (κ1) is 16.9. The minimum absolute atomic E-state index is 0.0828. The zero-order valence-electron chi connectivity index (χ0n) is 14.0. The van der Waals surface area contributed by atoms with Gasteiger partial charge in [-0.2, -0.15) is 9.78 Å². The van der Waals surface area contributed by atoms with Gasteiger partial charge in [0.15, 0.2) is 5.15 Å². The maximum Gasteiger partial charge on any atom is 0.254 e. The molecule has 0 unspecified atom stereocenters. The van der Waals surface area contributed by atoms with E-state index in [1.807, 2.05) is 24.3 Å². The van der Waals surface area contributed by atoms with Crippen LogP contribution in [-0.2, 0) is 0 Å². The SMILES string of the molecule is O=C(NC1CCC(O)CC1)c1cnc(-n2nc(Cl)c3ccccc32)nc1. The third kappa shape index (κ3) is 3.27. The fourth-order valence-electron chi connectivity index (χ4n) is 3.22. The van der Waals surface area contributed by atoms with Gasteiger partial charge in [-0.05, 0) is 37.8 Å². The lowest BCUT2D eigenvalue weighted by Gasteiger charge is -2.26. The van der Waals surface area contributed by atoms with E-state index in [9.17, 15) is 9.90 Å². The minimum atomic E-state index is -0.249. The van der Waals surface area contributed by atoms with Gasteiger partial charge < -0.3 is 10.4 Å². The molecule has 1 amide bonds. The average molecular weight is 372 g/mol. The Labute approximate surface area is 155 Å². The fraction of sp³-hybridized carbons (Fsp3) is 0.333. The highest BCUT2D eigenvalue weighted by Gasteiger charge is 2.21. The molecule has 7 nitrogen and oxygen atoms in total. The molecular formula is C18H18ClN5O2. The number of aliphatic hydroxyl groups excluding tert-OH is 1. The molecule has 0 spiro atoms. The largest absolute Gasteiger partial charge is 0.393 e. The summed E-state index contributed by atoms with van der Waals surface area (Å²) in [6.45, 7) is 0. The van der Waals surface area contributed by atoms with E-state index in [0.717, 1.165) is 23.7 Å². The van der Waals surface area contributed by atoms with Gasteiger partial charge in [0.2, 0.25) is 0 Å². The summed E-state index contributed by atoms with van der Waals surface area (Å²) in [5.41, 5.74) is 1.19. The molecule has 2 aromatic heterocycles. The van der Waals surface area contributed by atoms with Crippen molar-refractivity contribution in [2.24, 2.45) is 0 Å². The number of aliphatic hydroxyl groups is 1. The van der Waals surface area contributed by atoms with Crippen molar-refractivity contribution in [3.8, 4) is 5.95 Å². The van der Waals surface area contributed by atoms with Crippen LogP contribution in [-0.4, -0.2) is 42.9 Å². The van der Waals surface area contributed by atoms with E-state index < -0.39 is 0 Å². The number of halogens is 1. The second-order valence-corrected chi connectivity index (χ2v) is 6.83. The highest BCUT2D eigenvalue weighted by atomic mass is 35.5. The van der Waals surface area contributed by atoms with Crippen molar-refractivity contribution in [1.29, 1.82) is 0 Å². The predicted octanol–water partition coefficient (Wildman–Crippen LogP) is 2.50. The van der Waals surface area contributed by atoms with Gasteiger partial charge in [0.1, 0.15) is 0 Å². The van der Waals surface area contributed by atoms with Crippen LogP contribution in [0.15, 0.2) is 36.7 Å². The molecule has 26 heavy (non-hydrogen) atoms. The first-order valence-electron chi connectivity index (χ1n) is 8.56. The number of carbonyl (C=O) groups excluding carboxylic acids is 1. The van der Waals surface area contributed by atoms with Gasteiger partial charge in [0.05, 0.1) is 17.2 Å². The number of rotatable bonds is 3. The van der Waals surface area contributed by atoms with Gasteiger partial charge in [-0.3, -0.25) is 4.79 Å². The summed E-state index contributed by atoms with van der Waals surface area (Å²) in [5, 5.41) is 18.0. The van der Waals surface area contributed by atoms with Gasteiger partial charge in [0.25, 0.3) is 11.9 Å². The Hall–Kier alpha value is -2.51. The Kier molecular flexibility index (Phi) is 4.57. The van der Waals surface area contributed by atoms with E-state index in [-0.39, 0.29) is 18.1 Å². The van der Waals surface area contributed by atoms with E-state index >= 15 is 0 Å². The summed E-state index contributed by atoms with van der Waals surface area (Å²) >= 11 is 6.16. The molecule has 2 heterocycles. The summed E-state index contributed by atoms with van der Waals surface area (Å²) < 4.78 is 1.56. The number of hydrogen-bond donors (Lipinski definition) is 2. The lowest BCUT2D eigenvalue weighted by Crippen LogP contribution is -2.38. The van der Waals surface area contributed by atoms with Crippen molar-refractivity contribution in [3.63, 3.8) is 0 Å². The van der Waals surface area contributed by atoms with E-state index in [4.69, 9.17) is 11.6 Å². The quantitative estimate of drug-likeness (QED) is 0.737. The molecule has 1 aromatic carbocycles. The maximum atomic E-state index is 12.4. The lowest BCUT2D eigenvalue weighted by molar-refractivity contribution is 0.0867. The Balaban J connectivity index is 1.52. The number of benzene rings is 1. The zero-order valence-corrected chi connectivity index (χ0v) is 14.7. The summed E-state index contributed by atoms with van der Waals surface area (Å²) in [6.07, 6.45) is 5.72. The Bertz CT molecular complexity index is 932. The molecule has 0 radical (unpaired) electrons. The molecule has 0 atom stereocenters. The lowest BCUT2D eigenvalue weighted by atomic mass is 9.93. The average Bonchev–Trinajstić information content (AvgIpc) is 3.01. The number of nitrogens with one attached hydrogen (secondary N) is 1. The van der Waals surface area contributed by atoms with Crippen molar-refractivity contribution in [2.45, 2.75) is 37.8 Å². The molecular weight excluding hydrogens is 354 g/mol. The summed E-state index contributed by atoms with van der Waals surface area (Å²) in [4.78, 5) is 20.9. The van der Waals surface area contributed by atoms with E-state index in [1.54, 1.807) is 4.68 Å². The Morgan fingerprint density at radius 1 is 1.15 bits per heavy atom. The Morgan fingerprint density at radius 3 is 2.58 bits per heavy atom. The maximum absolute atomic E-state index is 12.4. The van der Waals surface area contributed by atoms with Gasteiger partial charge in [-0.1, -0.05) is 23.7 Å². The molecule has 2 N–H and O–H groups in total. The second kappa shape index (κ2) is 7.01.